The first-order chi connectivity index (χ1) is 8.16. The molecule has 0 saturated carbocycles. The molecule has 0 bridgehead atoms. The summed E-state index contributed by atoms with van der Waals surface area (Å²) < 4.78 is 64.0. The van der Waals surface area contributed by atoms with Gasteiger partial charge < -0.3 is 20.1 Å². The van der Waals surface area contributed by atoms with Crippen molar-refractivity contribution in [1.82, 2.24) is 0 Å². The van der Waals surface area contributed by atoms with Crippen LogP contribution in [-0.4, -0.2) is 70.4 Å². The molecular weight excluding hydrogens is 438 g/mol. The van der Waals surface area contributed by atoms with Gasteiger partial charge in [0.15, 0.2) is 0 Å². The zero-order chi connectivity index (χ0) is 13.8. The molecular formula is C6H14Na2O8S6. The molecule has 16 heteroatoms. The molecule has 22 heavy (non-hydrogen) atoms. The molecule has 0 radical (unpaired) electrons. The van der Waals surface area contributed by atoms with Crippen LogP contribution in [0.1, 0.15) is 0 Å². The van der Waals surface area contributed by atoms with E-state index in [1.807, 2.05) is 0 Å². The van der Waals surface area contributed by atoms with Crippen molar-refractivity contribution < 1.29 is 96.0 Å². The van der Waals surface area contributed by atoms with Gasteiger partial charge in [0, 0.05) is 22.0 Å². The van der Waals surface area contributed by atoms with E-state index in [9.17, 15) is 25.9 Å². The monoisotopic (exact) mass is 452 g/mol. The molecule has 1 heterocycles. The molecule has 0 aromatic carbocycles. The Kier molecular flexibility index (Phi) is 22.7. The van der Waals surface area contributed by atoms with Crippen LogP contribution in [0.4, 0.5) is 0 Å². The Morgan fingerprint density at radius 3 is 1.27 bits per heavy atom. The fourth-order valence-electron chi connectivity index (χ4n) is 1.07. The first-order valence-electron chi connectivity index (χ1n) is 4.59. The summed E-state index contributed by atoms with van der Waals surface area (Å²) in [5.74, 6) is 0.0471. The molecule has 2 unspecified atom stereocenters. The quantitative estimate of drug-likeness (QED) is 0.226. The van der Waals surface area contributed by atoms with Crippen LogP contribution >= 0.6 is 43.2 Å². The van der Waals surface area contributed by atoms with Gasteiger partial charge in [-0.3, -0.25) is 0 Å². The molecule has 4 N–H and O–H groups in total. The first kappa shape index (κ1) is 32.8. The molecule has 1 aliphatic rings. The van der Waals surface area contributed by atoms with Crippen LogP contribution in [0.5, 0.6) is 0 Å². The van der Waals surface area contributed by atoms with E-state index in [0.29, 0.717) is 11.5 Å². The Balaban J connectivity index is -0.000000405. The third kappa shape index (κ3) is 17.9. The standard InChI is InChI=1S/C6H12O6S6.2Na.2H2O/c7-17(8,9)3-5-1-13-14-2-6(16-15-5)4-18(10,11)12;;;;/h5-6H,1-4H2,(H,7,8,9)(H,10,11,12);;;2*1H2/q;2*+1;;/p-2. The molecule has 0 aromatic rings. The van der Waals surface area contributed by atoms with Crippen molar-refractivity contribution in [3.8, 4) is 0 Å². The Morgan fingerprint density at radius 2 is 1.05 bits per heavy atom. The normalized spacial score (nSPS) is 22.5. The van der Waals surface area contributed by atoms with Crippen LogP contribution in [0.15, 0.2) is 0 Å². The predicted octanol–water partition coefficient (Wildman–Crippen LogP) is -7.05. The Bertz CT molecular complexity index is 426. The maximum atomic E-state index is 10.7. The number of hydrogen-bond acceptors (Lipinski definition) is 10. The SMILES string of the molecule is O.O.O=S(=O)([O-])CC1CSSCC(CS(=O)(=O)[O-])SS1.[Na+].[Na+]. The van der Waals surface area contributed by atoms with E-state index in [1.165, 1.54) is 43.2 Å². The summed E-state index contributed by atoms with van der Waals surface area (Å²) in [5, 5.41) is -0.765. The van der Waals surface area contributed by atoms with Gasteiger partial charge in [-0.2, -0.15) is 0 Å². The van der Waals surface area contributed by atoms with Crippen molar-refractivity contribution >= 4 is 63.4 Å². The Morgan fingerprint density at radius 1 is 0.773 bits per heavy atom. The fraction of sp³-hybridized carbons (Fsp3) is 1.00. The van der Waals surface area contributed by atoms with Crippen molar-refractivity contribution in [3.05, 3.63) is 0 Å². The Labute approximate surface area is 190 Å². The average Bonchev–Trinajstić information content (AvgIpc) is 2.12. The van der Waals surface area contributed by atoms with Gasteiger partial charge in [0.1, 0.15) is 0 Å². The van der Waals surface area contributed by atoms with Crippen LogP contribution < -0.4 is 59.1 Å². The molecule has 0 amide bonds. The van der Waals surface area contributed by atoms with Gasteiger partial charge in [-0.15, -0.1) is 0 Å². The third-order valence-electron chi connectivity index (χ3n) is 1.70. The molecule has 1 rings (SSSR count). The topological polar surface area (TPSA) is 177 Å². The van der Waals surface area contributed by atoms with Crippen LogP contribution in [0.2, 0.25) is 0 Å². The molecule has 0 spiro atoms. The van der Waals surface area contributed by atoms with Crippen molar-refractivity contribution in [3.63, 3.8) is 0 Å². The van der Waals surface area contributed by atoms with Crippen molar-refractivity contribution in [2.45, 2.75) is 10.5 Å². The smallest absolute Gasteiger partial charge is 0.748 e. The zero-order valence-corrected chi connectivity index (χ0v) is 20.8. The summed E-state index contributed by atoms with van der Waals surface area (Å²) >= 11 is 0. The van der Waals surface area contributed by atoms with Gasteiger partial charge in [-0.1, -0.05) is 43.2 Å². The minimum atomic E-state index is -4.29. The molecule has 0 aromatic heterocycles. The van der Waals surface area contributed by atoms with E-state index in [0.717, 1.165) is 0 Å². The maximum Gasteiger partial charge on any atom is 1.00 e. The maximum absolute atomic E-state index is 10.7. The van der Waals surface area contributed by atoms with E-state index >= 15 is 0 Å². The summed E-state index contributed by atoms with van der Waals surface area (Å²) in [6.07, 6.45) is 0. The van der Waals surface area contributed by atoms with E-state index in [1.54, 1.807) is 0 Å². The summed E-state index contributed by atoms with van der Waals surface area (Å²) in [5.41, 5.74) is 0. The van der Waals surface area contributed by atoms with E-state index in [-0.39, 0.29) is 80.6 Å². The molecule has 0 aliphatic carbocycles. The fourth-order valence-corrected chi connectivity index (χ4v) is 10.9. The van der Waals surface area contributed by atoms with E-state index in [4.69, 9.17) is 0 Å². The van der Waals surface area contributed by atoms with Crippen molar-refractivity contribution in [2.24, 2.45) is 0 Å². The number of hydrogen-bond donors (Lipinski definition) is 0. The molecule has 1 fully saturated rings. The Hall–Kier alpha value is 3.14. The van der Waals surface area contributed by atoms with Crippen LogP contribution in [-0.2, 0) is 20.2 Å². The van der Waals surface area contributed by atoms with Crippen LogP contribution in [0, 0.1) is 0 Å². The van der Waals surface area contributed by atoms with E-state index < -0.39 is 31.7 Å². The second kappa shape index (κ2) is 15.2. The second-order valence-electron chi connectivity index (χ2n) is 3.45. The largest absolute Gasteiger partial charge is 1.00 e. The van der Waals surface area contributed by atoms with Gasteiger partial charge in [-0.05, 0) is 0 Å². The first-order valence-corrected chi connectivity index (χ1v) is 12.5. The summed E-state index contributed by atoms with van der Waals surface area (Å²) in [6.45, 7) is 0. The van der Waals surface area contributed by atoms with Crippen molar-refractivity contribution in [2.75, 3.05) is 23.0 Å². The van der Waals surface area contributed by atoms with Gasteiger partial charge in [-0.25, -0.2) is 16.8 Å². The van der Waals surface area contributed by atoms with Gasteiger partial charge in [0.2, 0.25) is 0 Å². The summed E-state index contributed by atoms with van der Waals surface area (Å²) in [6, 6.07) is 0. The van der Waals surface area contributed by atoms with Crippen LogP contribution in [0.3, 0.4) is 0 Å². The molecule has 1 aliphatic heterocycles. The molecule has 8 nitrogen and oxygen atoms in total. The average molecular weight is 453 g/mol. The molecule has 124 valence electrons. The van der Waals surface area contributed by atoms with Gasteiger partial charge >= 0.3 is 59.1 Å². The minimum absolute atomic E-state index is 0. The summed E-state index contributed by atoms with van der Waals surface area (Å²) in [7, 11) is -3.46. The number of rotatable bonds is 4. The zero-order valence-electron chi connectivity index (χ0n) is 11.9. The molecule has 2 atom stereocenters. The van der Waals surface area contributed by atoms with E-state index in [2.05, 4.69) is 0 Å². The van der Waals surface area contributed by atoms with Crippen LogP contribution in [0.25, 0.3) is 0 Å². The minimum Gasteiger partial charge on any atom is -0.748 e. The molecule has 1 saturated heterocycles. The van der Waals surface area contributed by atoms with Gasteiger partial charge in [0.25, 0.3) is 0 Å². The van der Waals surface area contributed by atoms with Crippen molar-refractivity contribution in [1.29, 1.82) is 0 Å². The predicted molar refractivity (Wildman–Crippen MR) is 84.0 cm³/mol. The second-order valence-corrected chi connectivity index (χ2v) is 11.8. The third-order valence-corrected chi connectivity index (χ3v) is 10.0. The summed E-state index contributed by atoms with van der Waals surface area (Å²) in [4.78, 5) is 0. The van der Waals surface area contributed by atoms with Gasteiger partial charge in [0.05, 0.1) is 31.7 Å².